The predicted octanol–water partition coefficient (Wildman–Crippen LogP) is 6.33. The van der Waals surface area contributed by atoms with Crippen LogP contribution in [-0.4, -0.2) is 23.6 Å². The van der Waals surface area contributed by atoms with Gasteiger partial charge in [-0.15, -0.1) is 0 Å². The van der Waals surface area contributed by atoms with Crippen molar-refractivity contribution < 1.29 is 19.4 Å². The molecule has 0 spiro atoms. The van der Waals surface area contributed by atoms with Gasteiger partial charge in [0.2, 0.25) is 0 Å². The van der Waals surface area contributed by atoms with Crippen molar-refractivity contribution in [3.05, 3.63) is 64.2 Å². The Morgan fingerprint density at radius 3 is 2.50 bits per heavy atom. The van der Waals surface area contributed by atoms with Crippen LogP contribution in [0.25, 0.3) is 10.8 Å². The third-order valence-corrected chi connectivity index (χ3v) is 7.19. The van der Waals surface area contributed by atoms with Crippen LogP contribution in [0.4, 0.5) is 0 Å². The van der Waals surface area contributed by atoms with Crippen molar-refractivity contribution in [3.63, 3.8) is 0 Å². The number of rotatable bonds is 6. The summed E-state index contributed by atoms with van der Waals surface area (Å²) in [6, 6.07) is 12.2. The lowest BCUT2D eigenvalue weighted by Crippen LogP contribution is -2.31. The lowest BCUT2D eigenvalue weighted by molar-refractivity contribution is -0.121. The predicted molar refractivity (Wildman–Crippen MR) is 128 cm³/mol. The summed E-state index contributed by atoms with van der Waals surface area (Å²) in [5.74, 6) is 2.10. The molecule has 4 heteroatoms. The Balaban J connectivity index is 1.47. The highest BCUT2D eigenvalue weighted by atomic mass is 16.5. The minimum atomic E-state index is -0.437. The Hall–Kier alpha value is -3.01. The number of ketones is 1. The second-order valence-corrected chi connectivity index (χ2v) is 9.42. The van der Waals surface area contributed by atoms with Crippen molar-refractivity contribution >= 4 is 16.6 Å². The third kappa shape index (κ3) is 3.83. The number of carbonyl (C=O) groups excluding carboxylic acids is 1. The summed E-state index contributed by atoms with van der Waals surface area (Å²) in [6.45, 7) is 9.90. The second-order valence-electron chi connectivity index (χ2n) is 9.42. The molecule has 0 amide bonds. The van der Waals surface area contributed by atoms with Crippen LogP contribution in [0, 0.1) is 20.8 Å². The van der Waals surface area contributed by atoms with Crippen LogP contribution in [0.15, 0.2) is 36.4 Å². The molecule has 168 valence electrons. The smallest absolute Gasteiger partial charge is 0.140 e. The molecule has 2 atom stereocenters. The molecule has 0 fully saturated rings. The van der Waals surface area contributed by atoms with E-state index in [1.54, 1.807) is 7.11 Å². The Morgan fingerprint density at radius 1 is 1.09 bits per heavy atom. The monoisotopic (exact) mass is 432 g/mol. The fourth-order valence-corrected chi connectivity index (χ4v) is 4.74. The normalized spacial score (nSPS) is 18.3. The number of ether oxygens (including phenoxy) is 2. The molecule has 0 aliphatic carbocycles. The lowest BCUT2D eigenvalue weighted by Gasteiger charge is -2.25. The molecule has 2 unspecified atom stereocenters. The molecule has 0 saturated carbocycles. The maximum absolute atomic E-state index is 13.1. The van der Waals surface area contributed by atoms with Crippen LogP contribution in [0.5, 0.6) is 17.2 Å². The molecule has 0 bridgehead atoms. The standard InChI is InChI=1S/C28H32O4/c1-16-17(2)27-24(19(4)26(16)30)15-28(5,32-27)12-11-25(29)18(3)20-7-8-22-14-23(31-6)10-9-21(22)13-20/h7-10,13-14,18,30H,11-12,15H2,1-6H3. The van der Waals surface area contributed by atoms with E-state index in [0.29, 0.717) is 25.0 Å². The summed E-state index contributed by atoms with van der Waals surface area (Å²) in [5, 5.41) is 12.6. The van der Waals surface area contributed by atoms with Gasteiger partial charge >= 0.3 is 0 Å². The number of methoxy groups -OCH3 is 1. The van der Waals surface area contributed by atoms with Crippen molar-refractivity contribution in [2.24, 2.45) is 0 Å². The molecular weight excluding hydrogens is 400 g/mol. The first kappa shape index (κ1) is 22.2. The zero-order chi connectivity index (χ0) is 23.2. The average molecular weight is 433 g/mol. The van der Waals surface area contributed by atoms with E-state index in [0.717, 1.165) is 50.1 Å². The van der Waals surface area contributed by atoms with E-state index >= 15 is 0 Å². The van der Waals surface area contributed by atoms with Crippen molar-refractivity contribution in [2.75, 3.05) is 7.11 Å². The number of hydrogen-bond donors (Lipinski definition) is 1. The molecule has 3 aromatic carbocycles. The summed E-state index contributed by atoms with van der Waals surface area (Å²) in [6.07, 6.45) is 1.81. The number of Topliss-reactive ketones (excluding diaryl/α,β-unsaturated/α-hetero) is 1. The second kappa shape index (κ2) is 8.16. The Labute approximate surface area is 190 Å². The molecule has 0 saturated heterocycles. The van der Waals surface area contributed by atoms with Gasteiger partial charge in [0.15, 0.2) is 0 Å². The van der Waals surface area contributed by atoms with Gasteiger partial charge in [-0.3, -0.25) is 4.79 Å². The maximum Gasteiger partial charge on any atom is 0.140 e. The Morgan fingerprint density at radius 2 is 1.78 bits per heavy atom. The first-order chi connectivity index (χ1) is 15.1. The highest BCUT2D eigenvalue weighted by Crippen LogP contribution is 2.46. The van der Waals surface area contributed by atoms with Gasteiger partial charge in [-0.2, -0.15) is 0 Å². The number of benzene rings is 3. The quantitative estimate of drug-likeness (QED) is 0.495. The summed E-state index contributed by atoms with van der Waals surface area (Å²) in [5.41, 5.74) is 4.40. The van der Waals surface area contributed by atoms with E-state index < -0.39 is 5.60 Å². The third-order valence-electron chi connectivity index (χ3n) is 7.19. The minimum absolute atomic E-state index is 0.177. The number of carbonyl (C=O) groups is 1. The largest absolute Gasteiger partial charge is 0.507 e. The van der Waals surface area contributed by atoms with Gasteiger partial charge in [0.25, 0.3) is 0 Å². The SMILES string of the molecule is COc1ccc2cc(C(C)C(=O)CCC3(C)Cc4c(C)c(O)c(C)c(C)c4O3)ccc2c1. The topological polar surface area (TPSA) is 55.8 Å². The van der Waals surface area contributed by atoms with Gasteiger partial charge < -0.3 is 14.6 Å². The van der Waals surface area contributed by atoms with E-state index in [1.165, 1.54) is 0 Å². The van der Waals surface area contributed by atoms with Crippen LogP contribution in [0.1, 0.15) is 60.4 Å². The molecular formula is C28H32O4. The Bertz CT molecular complexity index is 1170. The number of phenolic OH excluding ortho intramolecular Hbond substituents is 1. The van der Waals surface area contributed by atoms with Gasteiger partial charge in [-0.05, 0) is 79.3 Å². The first-order valence-corrected chi connectivity index (χ1v) is 11.2. The average Bonchev–Trinajstić information content (AvgIpc) is 3.16. The summed E-state index contributed by atoms with van der Waals surface area (Å²) in [4.78, 5) is 13.1. The number of phenols is 1. The van der Waals surface area contributed by atoms with Gasteiger partial charge in [0.05, 0.1) is 7.11 Å². The van der Waals surface area contributed by atoms with E-state index in [4.69, 9.17) is 9.47 Å². The maximum atomic E-state index is 13.1. The molecule has 0 aromatic heterocycles. The number of aromatic hydroxyl groups is 1. The van der Waals surface area contributed by atoms with Gasteiger partial charge in [0.1, 0.15) is 28.6 Å². The van der Waals surface area contributed by atoms with E-state index in [9.17, 15) is 9.90 Å². The highest BCUT2D eigenvalue weighted by Gasteiger charge is 2.38. The van der Waals surface area contributed by atoms with E-state index in [2.05, 4.69) is 19.1 Å². The molecule has 1 aliphatic heterocycles. The molecule has 4 rings (SSSR count). The van der Waals surface area contributed by atoms with E-state index in [1.807, 2.05) is 52.0 Å². The summed E-state index contributed by atoms with van der Waals surface area (Å²) in [7, 11) is 1.66. The zero-order valence-electron chi connectivity index (χ0n) is 19.8. The number of fused-ring (bicyclic) bond motifs is 2. The van der Waals surface area contributed by atoms with Crippen LogP contribution in [0.3, 0.4) is 0 Å². The van der Waals surface area contributed by atoms with Gasteiger partial charge in [0, 0.05) is 24.3 Å². The van der Waals surface area contributed by atoms with E-state index in [-0.39, 0.29) is 11.7 Å². The van der Waals surface area contributed by atoms with Crippen molar-refractivity contribution in [1.29, 1.82) is 0 Å². The van der Waals surface area contributed by atoms with Crippen molar-refractivity contribution in [2.45, 2.75) is 65.4 Å². The summed E-state index contributed by atoms with van der Waals surface area (Å²) >= 11 is 0. The van der Waals surface area contributed by atoms with Gasteiger partial charge in [-0.1, -0.05) is 31.2 Å². The summed E-state index contributed by atoms with van der Waals surface area (Å²) < 4.78 is 11.7. The zero-order valence-corrected chi connectivity index (χ0v) is 19.8. The fourth-order valence-electron chi connectivity index (χ4n) is 4.74. The molecule has 1 aliphatic rings. The fraction of sp³-hybridized carbons (Fsp3) is 0.393. The molecule has 4 nitrogen and oxygen atoms in total. The van der Waals surface area contributed by atoms with Crippen LogP contribution in [0.2, 0.25) is 0 Å². The minimum Gasteiger partial charge on any atom is -0.507 e. The Kier molecular flexibility index (Phi) is 5.66. The molecule has 3 aromatic rings. The highest BCUT2D eigenvalue weighted by molar-refractivity contribution is 5.89. The van der Waals surface area contributed by atoms with Gasteiger partial charge in [-0.25, -0.2) is 0 Å². The molecule has 1 N–H and O–H groups in total. The first-order valence-electron chi connectivity index (χ1n) is 11.2. The molecule has 0 radical (unpaired) electrons. The number of hydrogen-bond acceptors (Lipinski definition) is 4. The van der Waals surface area contributed by atoms with Crippen LogP contribution < -0.4 is 9.47 Å². The van der Waals surface area contributed by atoms with Crippen molar-refractivity contribution in [1.82, 2.24) is 0 Å². The molecule has 32 heavy (non-hydrogen) atoms. The lowest BCUT2D eigenvalue weighted by atomic mass is 9.86. The molecule has 1 heterocycles. The van der Waals surface area contributed by atoms with Crippen LogP contribution >= 0.6 is 0 Å². The van der Waals surface area contributed by atoms with Crippen LogP contribution in [-0.2, 0) is 11.2 Å². The van der Waals surface area contributed by atoms with Crippen molar-refractivity contribution in [3.8, 4) is 17.2 Å².